The number of nitrogens with zero attached hydrogens (tertiary/aromatic N) is 4. The van der Waals surface area contributed by atoms with Crippen LogP contribution in [0.3, 0.4) is 0 Å². The van der Waals surface area contributed by atoms with E-state index in [9.17, 15) is 9.59 Å². The van der Waals surface area contributed by atoms with Crippen molar-refractivity contribution in [3.63, 3.8) is 0 Å². The van der Waals surface area contributed by atoms with Gasteiger partial charge in [-0.1, -0.05) is 49.2 Å². The van der Waals surface area contributed by atoms with Crippen molar-refractivity contribution in [2.75, 3.05) is 17.3 Å². The molecule has 1 atom stereocenters. The summed E-state index contributed by atoms with van der Waals surface area (Å²) in [6.45, 7) is 9.99. The molecule has 0 bridgehead atoms. The number of hydrogen-bond acceptors (Lipinski definition) is 5. The van der Waals surface area contributed by atoms with Crippen LogP contribution in [0.4, 0.5) is 11.4 Å². The number of carbonyl (C=O) groups is 2. The van der Waals surface area contributed by atoms with E-state index >= 15 is 0 Å². The molecular formula is C31H29Cl2N5O3. The maximum Gasteiger partial charge on any atom is 0.280 e. The van der Waals surface area contributed by atoms with Crippen LogP contribution in [0.1, 0.15) is 72.7 Å². The van der Waals surface area contributed by atoms with Crippen LogP contribution in [0.2, 0.25) is 10.0 Å². The second-order valence-corrected chi connectivity index (χ2v) is 11.8. The quantitative estimate of drug-likeness (QED) is 0.267. The Morgan fingerprint density at radius 3 is 2.34 bits per heavy atom. The Morgan fingerprint density at radius 1 is 0.951 bits per heavy atom. The molecular weight excluding hydrogens is 561 g/mol. The molecule has 210 valence electrons. The van der Waals surface area contributed by atoms with Crippen molar-refractivity contribution in [3.05, 3.63) is 86.8 Å². The molecule has 2 amide bonds. The second kappa shape index (κ2) is 9.60. The molecule has 0 radical (unpaired) electrons. The van der Waals surface area contributed by atoms with E-state index in [0.29, 0.717) is 49.9 Å². The summed E-state index contributed by atoms with van der Waals surface area (Å²) in [7, 11) is 1.56. The molecule has 0 aliphatic carbocycles. The summed E-state index contributed by atoms with van der Waals surface area (Å²) in [5.74, 6) is 0.297. The van der Waals surface area contributed by atoms with Crippen LogP contribution in [0.5, 0.6) is 5.88 Å². The lowest BCUT2D eigenvalue weighted by atomic mass is 9.86. The molecule has 4 aromatic rings. The van der Waals surface area contributed by atoms with E-state index in [2.05, 4.69) is 19.2 Å². The maximum absolute atomic E-state index is 14.5. The molecule has 0 fully saturated rings. The van der Waals surface area contributed by atoms with E-state index in [-0.39, 0.29) is 23.6 Å². The smallest absolute Gasteiger partial charge is 0.280 e. The molecule has 2 aliphatic heterocycles. The molecule has 0 saturated heterocycles. The number of imidazole rings is 1. The number of hydrogen-bond donors (Lipinski definition) is 1. The fourth-order valence-electron chi connectivity index (χ4n) is 5.93. The van der Waals surface area contributed by atoms with Crippen LogP contribution in [0, 0.1) is 6.92 Å². The van der Waals surface area contributed by atoms with Crippen molar-refractivity contribution >= 4 is 46.4 Å². The summed E-state index contributed by atoms with van der Waals surface area (Å²) in [6.07, 6.45) is 0. The number of nitrogens with one attached hydrogen (secondary N) is 1. The van der Waals surface area contributed by atoms with Gasteiger partial charge in [0.05, 0.1) is 24.1 Å². The Balaban J connectivity index is 1.72. The van der Waals surface area contributed by atoms with Crippen molar-refractivity contribution in [2.45, 2.75) is 52.1 Å². The van der Waals surface area contributed by atoms with Crippen molar-refractivity contribution in [2.24, 2.45) is 0 Å². The second-order valence-electron chi connectivity index (χ2n) is 11.0. The van der Waals surface area contributed by atoms with Gasteiger partial charge in [0.15, 0.2) is 11.2 Å². The van der Waals surface area contributed by atoms with Crippen molar-refractivity contribution < 1.29 is 14.3 Å². The van der Waals surface area contributed by atoms with Crippen LogP contribution in [0.25, 0.3) is 11.4 Å². The third-order valence-electron chi connectivity index (χ3n) is 7.78. The average Bonchev–Trinajstić information content (AvgIpc) is 3.53. The number of aromatic nitrogens is 3. The number of carbonyl (C=O) groups excluding carboxylic acids is 2. The van der Waals surface area contributed by atoms with Gasteiger partial charge in [0.25, 0.3) is 11.8 Å². The van der Waals surface area contributed by atoms with E-state index in [1.807, 2.05) is 43.5 Å². The van der Waals surface area contributed by atoms with E-state index in [1.165, 1.54) is 4.90 Å². The summed E-state index contributed by atoms with van der Waals surface area (Å²) in [6, 6.07) is 14.2. The van der Waals surface area contributed by atoms with Gasteiger partial charge >= 0.3 is 0 Å². The molecule has 2 aromatic carbocycles. The normalized spacial score (nSPS) is 17.6. The Labute approximate surface area is 248 Å². The first kappa shape index (κ1) is 27.3. The molecule has 10 heteroatoms. The van der Waals surface area contributed by atoms with Crippen LogP contribution >= 0.6 is 23.2 Å². The Hall–Kier alpha value is -3.88. The van der Waals surface area contributed by atoms with Gasteiger partial charge in [-0.2, -0.15) is 0 Å². The zero-order valence-electron chi connectivity index (χ0n) is 23.5. The van der Waals surface area contributed by atoms with Gasteiger partial charge in [0, 0.05) is 33.0 Å². The molecule has 41 heavy (non-hydrogen) atoms. The first-order valence-electron chi connectivity index (χ1n) is 13.4. The predicted molar refractivity (Wildman–Crippen MR) is 160 cm³/mol. The fourth-order valence-corrected chi connectivity index (χ4v) is 6.27. The van der Waals surface area contributed by atoms with E-state index < -0.39 is 11.4 Å². The van der Waals surface area contributed by atoms with Crippen LogP contribution in [-0.2, 0) is 10.3 Å². The highest BCUT2D eigenvalue weighted by Gasteiger charge is 2.64. The van der Waals surface area contributed by atoms with Crippen molar-refractivity contribution in [1.29, 1.82) is 0 Å². The van der Waals surface area contributed by atoms with Gasteiger partial charge in [0.2, 0.25) is 5.88 Å². The number of ether oxygens (including phenoxy) is 1. The summed E-state index contributed by atoms with van der Waals surface area (Å²) in [5.41, 5.74) is 3.04. The van der Waals surface area contributed by atoms with E-state index in [0.717, 1.165) is 11.3 Å². The molecule has 0 saturated carbocycles. The van der Waals surface area contributed by atoms with E-state index in [4.69, 9.17) is 37.9 Å². The van der Waals surface area contributed by atoms with Gasteiger partial charge in [0.1, 0.15) is 5.82 Å². The van der Waals surface area contributed by atoms with Gasteiger partial charge in [-0.05, 0) is 68.7 Å². The molecule has 1 N–H and O–H groups in total. The summed E-state index contributed by atoms with van der Waals surface area (Å²) in [4.78, 5) is 40.1. The number of rotatable bonds is 5. The van der Waals surface area contributed by atoms with Crippen LogP contribution in [0.15, 0.2) is 48.5 Å². The molecule has 1 spiro atoms. The minimum atomic E-state index is -1.56. The highest BCUT2D eigenvalue weighted by Crippen LogP contribution is 2.55. The van der Waals surface area contributed by atoms with Gasteiger partial charge in [-0.3, -0.25) is 14.5 Å². The summed E-state index contributed by atoms with van der Waals surface area (Å²) in [5, 5.41) is 3.91. The third kappa shape index (κ3) is 3.81. The highest BCUT2D eigenvalue weighted by molar-refractivity contribution is 6.32. The number of fused-ring (bicyclic) bond motifs is 4. The summed E-state index contributed by atoms with van der Waals surface area (Å²) < 4.78 is 7.66. The fraction of sp³-hybridized carbons (Fsp3) is 0.290. The summed E-state index contributed by atoms with van der Waals surface area (Å²) >= 11 is 12.8. The number of pyridine rings is 1. The predicted octanol–water partition coefficient (Wildman–Crippen LogP) is 7.13. The lowest BCUT2D eigenvalue weighted by Crippen LogP contribution is -2.51. The Kier molecular flexibility index (Phi) is 6.39. The number of benzene rings is 2. The van der Waals surface area contributed by atoms with E-state index in [1.54, 1.807) is 37.4 Å². The lowest BCUT2D eigenvalue weighted by molar-refractivity contribution is -0.119. The number of amides is 2. The van der Waals surface area contributed by atoms with Gasteiger partial charge in [-0.15, -0.1) is 0 Å². The van der Waals surface area contributed by atoms with Crippen molar-refractivity contribution in [3.8, 4) is 17.3 Å². The topological polar surface area (TPSA) is 89.3 Å². The largest absolute Gasteiger partial charge is 0.480 e. The number of halogens is 2. The zero-order valence-corrected chi connectivity index (χ0v) is 25.1. The zero-order chi connectivity index (χ0) is 29.4. The first-order valence-corrected chi connectivity index (χ1v) is 14.2. The maximum atomic E-state index is 14.5. The first-order chi connectivity index (χ1) is 19.5. The van der Waals surface area contributed by atoms with Crippen molar-refractivity contribution in [1.82, 2.24) is 14.5 Å². The van der Waals surface area contributed by atoms with Gasteiger partial charge < -0.3 is 14.6 Å². The standard InChI is InChI=1S/C31H29Cl2N5O3/c1-15(2)22-12-10-20(28(34-22)41-6)27-36-25-26(37(27)16(3)4)31(21-11-9-18(32)13-23(21)35-30(31)40)38(29(25)39)24-14-19(33)8-7-17(24)5/h7-16H,1-6H3,(H,35,40)/t31-/m1/s1. The van der Waals surface area contributed by atoms with Crippen LogP contribution in [-0.4, -0.2) is 33.5 Å². The average molecular weight is 591 g/mol. The lowest BCUT2D eigenvalue weighted by Gasteiger charge is -2.36. The SMILES string of the molecule is COc1nc(C(C)C)ccc1-c1nc2c(n1C(C)C)[C@]1(C(=O)Nc3cc(Cl)ccc31)N(c1cc(Cl)ccc1C)C2=O. The van der Waals surface area contributed by atoms with Gasteiger partial charge in [-0.25, -0.2) is 9.97 Å². The third-order valence-corrected chi connectivity index (χ3v) is 8.25. The minimum absolute atomic E-state index is 0.181. The number of aryl methyl sites for hydroxylation is 1. The molecule has 8 nitrogen and oxygen atoms in total. The Morgan fingerprint density at radius 2 is 1.66 bits per heavy atom. The number of methoxy groups -OCH3 is 1. The monoisotopic (exact) mass is 589 g/mol. The minimum Gasteiger partial charge on any atom is -0.480 e. The molecule has 2 aliphatic rings. The Bertz CT molecular complexity index is 1760. The molecule has 0 unspecified atom stereocenters. The number of anilines is 2. The molecule has 2 aromatic heterocycles. The highest BCUT2D eigenvalue weighted by atomic mass is 35.5. The molecule has 4 heterocycles. The van der Waals surface area contributed by atoms with Crippen LogP contribution < -0.4 is 15.0 Å². The molecule has 6 rings (SSSR count).